The summed E-state index contributed by atoms with van der Waals surface area (Å²) in [5.74, 6) is -0.151. The van der Waals surface area contributed by atoms with Gasteiger partial charge in [-0.1, -0.05) is 32.0 Å². The molecule has 0 radical (unpaired) electrons. The molecule has 0 unspecified atom stereocenters. The van der Waals surface area contributed by atoms with Gasteiger partial charge in [0.2, 0.25) is 0 Å². The zero-order chi connectivity index (χ0) is 15.5. The van der Waals surface area contributed by atoms with Crippen molar-refractivity contribution in [2.24, 2.45) is 0 Å². The predicted molar refractivity (Wildman–Crippen MR) is 76.6 cm³/mol. The van der Waals surface area contributed by atoms with E-state index in [0.29, 0.717) is 17.8 Å². The zero-order valence-corrected chi connectivity index (χ0v) is 12.0. The highest BCUT2D eigenvalue weighted by Gasteiger charge is 2.25. The molecule has 1 aromatic heterocycles. The smallest absolute Gasteiger partial charge is 0.191 e. The molecule has 0 atom stereocenters. The van der Waals surface area contributed by atoms with Crippen LogP contribution in [0.25, 0.3) is 0 Å². The molecule has 0 aliphatic heterocycles. The quantitative estimate of drug-likeness (QED) is 0.858. The topological polar surface area (TPSA) is 63.1 Å². The maximum absolute atomic E-state index is 13.9. The molecule has 0 bridgehead atoms. The van der Waals surface area contributed by atoms with Gasteiger partial charge in [0.25, 0.3) is 0 Å². The number of Topliss-reactive ketones (excluding diaryl/α,β-unsaturated/α-hetero) is 1. The maximum Gasteiger partial charge on any atom is 0.191 e. The fourth-order valence-corrected chi connectivity index (χ4v) is 2.18. The highest BCUT2D eigenvalue weighted by molar-refractivity contribution is 5.96. The number of carbonyl (C=O) groups is 1. The van der Waals surface area contributed by atoms with Crippen LogP contribution in [0.1, 0.15) is 35.6 Å². The summed E-state index contributed by atoms with van der Waals surface area (Å²) in [5, 5.41) is 8.78. The van der Waals surface area contributed by atoms with Gasteiger partial charge in [0.1, 0.15) is 18.2 Å². The zero-order valence-electron chi connectivity index (χ0n) is 12.0. The van der Waals surface area contributed by atoms with E-state index in [2.05, 4.69) is 9.97 Å². The van der Waals surface area contributed by atoms with Crippen LogP contribution in [0.15, 0.2) is 36.7 Å². The van der Waals surface area contributed by atoms with Crippen LogP contribution in [0.5, 0.6) is 0 Å². The SMILES string of the molecule is CC(C)(Cc1ncc(C(=O)CO)cn1)c1ccccc1F. The summed E-state index contributed by atoms with van der Waals surface area (Å²) < 4.78 is 13.9. The fraction of sp³-hybridized carbons (Fsp3) is 0.312. The molecule has 0 saturated carbocycles. The maximum atomic E-state index is 13.9. The molecule has 5 heteroatoms. The van der Waals surface area contributed by atoms with Gasteiger partial charge >= 0.3 is 0 Å². The summed E-state index contributed by atoms with van der Waals surface area (Å²) in [7, 11) is 0. The summed E-state index contributed by atoms with van der Waals surface area (Å²) >= 11 is 0. The Morgan fingerprint density at radius 3 is 2.43 bits per heavy atom. The highest BCUT2D eigenvalue weighted by Crippen LogP contribution is 2.28. The summed E-state index contributed by atoms with van der Waals surface area (Å²) in [6, 6.07) is 6.63. The fourth-order valence-electron chi connectivity index (χ4n) is 2.18. The van der Waals surface area contributed by atoms with Crippen molar-refractivity contribution in [3.63, 3.8) is 0 Å². The molecule has 1 aromatic carbocycles. The summed E-state index contributed by atoms with van der Waals surface area (Å²) in [6.07, 6.45) is 3.22. The van der Waals surface area contributed by atoms with Crippen LogP contribution >= 0.6 is 0 Å². The number of aliphatic hydroxyl groups is 1. The molecule has 0 saturated heterocycles. The summed E-state index contributed by atoms with van der Waals surface area (Å²) in [4.78, 5) is 19.5. The third-order valence-electron chi connectivity index (χ3n) is 3.37. The van der Waals surface area contributed by atoms with E-state index in [-0.39, 0.29) is 11.4 Å². The number of aromatic nitrogens is 2. The minimum absolute atomic E-state index is 0.255. The Bertz CT molecular complexity index is 639. The van der Waals surface area contributed by atoms with Crippen molar-refractivity contribution in [1.29, 1.82) is 0 Å². The van der Waals surface area contributed by atoms with E-state index in [1.165, 1.54) is 18.5 Å². The first-order valence-electron chi connectivity index (χ1n) is 6.64. The van der Waals surface area contributed by atoms with E-state index in [9.17, 15) is 9.18 Å². The Balaban J connectivity index is 2.21. The Morgan fingerprint density at radius 2 is 1.86 bits per heavy atom. The van der Waals surface area contributed by atoms with Crippen molar-refractivity contribution < 1.29 is 14.3 Å². The molecule has 0 fully saturated rings. The molecule has 1 N–H and O–H groups in total. The lowest BCUT2D eigenvalue weighted by atomic mass is 9.81. The lowest BCUT2D eigenvalue weighted by Gasteiger charge is -2.24. The van der Waals surface area contributed by atoms with E-state index in [4.69, 9.17) is 5.11 Å². The number of hydrogen-bond donors (Lipinski definition) is 1. The van der Waals surface area contributed by atoms with Gasteiger partial charge in [-0.05, 0) is 17.0 Å². The molecule has 0 amide bonds. The minimum atomic E-state index is -0.566. The average Bonchev–Trinajstić information content (AvgIpc) is 2.47. The second-order valence-electron chi connectivity index (χ2n) is 5.51. The Labute approximate surface area is 122 Å². The van der Waals surface area contributed by atoms with Crippen molar-refractivity contribution in [2.75, 3.05) is 6.61 Å². The lowest BCUT2D eigenvalue weighted by molar-refractivity contribution is 0.0903. The normalized spacial score (nSPS) is 11.4. The van der Waals surface area contributed by atoms with Gasteiger partial charge < -0.3 is 5.11 Å². The van der Waals surface area contributed by atoms with Crippen LogP contribution in [0.2, 0.25) is 0 Å². The van der Waals surface area contributed by atoms with Crippen molar-refractivity contribution in [1.82, 2.24) is 9.97 Å². The molecular formula is C16H17FN2O2. The van der Waals surface area contributed by atoms with Crippen LogP contribution in [0.3, 0.4) is 0 Å². The standard InChI is InChI=1S/C16H17FN2O2/c1-16(2,12-5-3-4-6-13(12)17)7-15-18-8-11(9-19-15)14(21)10-20/h3-6,8-9,20H,7,10H2,1-2H3. The highest BCUT2D eigenvalue weighted by atomic mass is 19.1. The Kier molecular flexibility index (Phi) is 4.43. The van der Waals surface area contributed by atoms with Crippen molar-refractivity contribution in [2.45, 2.75) is 25.7 Å². The molecule has 0 spiro atoms. The van der Waals surface area contributed by atoms with Crippen molar-refractivity contribution in [3.8, 4) is 0 Å². The molecule has 2 aromatic rings. The summed E-state index contributed by atoms with van der Waals surface area (Å²) in [6.45, 7) is 3.27. The number of nitrogens with zero attached hydrogens (tertiary/aromatic N) is 2. The number of halogens is 1. The van der Waals surface area contributed by atoms with Gasteiger partial charge in [0, 0.05) is 18.8 Å². The van der Waals surface area contributed by atoms with Gasteiger partial charge in [-0.3, -0.25) is 4.79 Å². The van der Waals surface area contributed by atoms with E-state index in [0.717, 1.165) is 0 Å². The van der Waals surface area contributed by atoms with Gasteiger partial charge in [-0.25, -0.2) is 14.4 Å². The monoisotopic (exact) mass is 288 g/mol. The van der Waals surface area contributed by atoms with Crippen LogP contribution in [-0.4, -0.2) is 27.5 Å². The lowest BCUT2D eigenvalue weighted by Crippen LogP contribution is -2.23. The van der Waals surface area contributed by atoms with Crippen molar-refractivity contribution in [3.05, 3.63) is 59.4 Å². The largest absolute Gasteiger partial charge is 0.388 e. The van der Waals surface area contributed by atoms with E-state index in [1.807, 2.05) is 13.8 Å². The first kappa shape index (κ1) is 15.3. The van der Waals surface area contributed by atoms with Crippen molar-refractivity contribution >= 4 is 5.78 Å². The average molecular weight is 288 g/mol. The van der Waals surface area contributed by atoms with Gasteiger partial charge in [0.15, 0.2) is 5.78 Å². The molecule has 4 nitrogen and oxygen atoms in total. The number of carbonyl (C=O) groups excluding carboxylic acids is 1. The van der Waals surface area contributed by atoms with E-state index in [1.54, 1.807) is 18.2 Å². The number of ketones is 1. The molecular weight excluding hydrogens is 271 g/mol. The van der Waals surface area contributed by atoms with E-state index >= 15 is 0 Å². The number of aliphatic hydroxyl groups excluding tert-OH is 1. The summed E-state index contributed by atoms with van der Waals surface area (Å²) in [5.41, 5.74) is 0.405. The Hall–Kier alpha value is -2.14. The molecule has 2 rings (SSSR count). The molecule has 1 heterocycles. The predicted octanol–water partition coefficient (Wildman–Crippen LogP) is 2.31. The number of benzene rings is 1. The van der Waals surface area contributed by atoms with E-state index < -0.39 is 17.8 Å². The number of rotatable bonds is 5. The second kappa shape index (κ2) is 6.10. The molecule has 110 valence electrons. The number of hydrogen-bond acceptors (Lipinski definition) is 4. The molecule has 21 heavy (non-hydrogen) atoms. The van der Waals surface area contributed by atoms with Crippen LogP contribution in [-0.2, 0) is 11.8 Å². The van der Waals surface area contributed by atoms with Crippen LogP contribution < -0.4 is 0 Å². The second-order valence-corrected chi connectivity index (χ2v) is 5.51. The first-order valence-corrected chi connectivity index (χ1v) is 6.64. The minimum Gasteiger partial charge on any atom is -0.388 e. The Morgan fingerprint density at radius 1 is 1.24 bits per heavy atom. The first-order chi connectivity index (χ1) is 9.94. The molecule has 0 aliphatic rings. The van der Waals surface area contributed by atoms with Gasteiger partial charge in [-0.2, -0.15) is 0 Å². The van der Waals surface area contributed by atoms with Crippen LogP contribution in [0.4, 0.5) is 4.39 Å². The van der Waals surface area contributed by atoms with Crippen LogP contribution in [0, 0.1) is 5.82 Å². The van der Waals surface area contributed by atoms with Gasteiger partial charge in [0.05, 0.1) is 5.56 Å². The third kappa shape index (κ3) is 3.49. The van der Waals surface area contributed by atoms with Gasteiger partial charge in [-0.15, -0.1) is 0 Å². The molecule has 0 aliphatic carbocycles. The third-order valence-corrected chi connectivity index (χ3v) is 3.37.